The Balaban J connectivity index is 1.75. The topological polar surface area (TPSA) is 12.5 Å². The van der Waals surface area contributed by atoms with E-state index in [0.717, 1.165) is 32.0 Å². The van der Waals surface area contributed by atoms with Crippen LogP contribution in [0, 0.1) is 0 Å². The third-order valence-electron chi connectivity index (χ3n) is 4.49. The molecule has 1 aliphatic heterocycles. The Hall–Kier alpha value is -1.80. The summed E-state index contributed by atoms with van der Waals surface area (Å²) in [6, 6.07) is 19.3. The number of fused-ring (bicyclic) bond motifs is 1. The fraction of sp³-hybridized carbons (Fsp3) is 0.429. The first kappa shape index (κ1) is 16.1. The minimum atomic E-state index is 0.843. The highest BCUT2D eigenvalue weighted by atomic mass is 16.5. The first-order chi connectivity index (χ1) is 11.4. The summed E-state index contributed by atoms with van der Waals surface area (Å²) in [5, 5.41) is 0. The van der Waals surface area contributed by atoms with Crippen LogP contribution >= 0.6 is 0 Å². The Kier molecular flexibility index (Phi) is 6.10. The maximum atomic E-state index is 6.03. The van der Waals surface area contributed by atoms with E-state index in [0.29, 0.717) is 0 Å². The Morgan fingerprint density at radius 2 is 1.52 bits per heavy atom. The largest absolute Gasteiger partial charge is 0.493 e. The highest BCUT2D eigenvalue weighted by Crippen LogP contribution is 2.22. The summed E-state index contributed by atoms with van der Waals surface area (Å²) in [7, 11) is 0. The summed E-state index contributed by atoms with van der Waals surface area (Å²) in [6.07, 6.45) is 6.38. The molecule has 0 amide bonds. The van der Waals surface area contributed by atoms with E-state index in [1.165, 1.54) is 43.2 Å². The molecular formula is C21H27NO. The van der Waals surface area contributed by atoms with Gasteiger partial charge in [0.15, 0.2) is 0 Å². The predicted molar refractivity (Wildman–Crippen MR) is 95.6 cm³/mol. The molecule has 0 radical (unpaired) electrons. The van der Waals surface area contributed by atoms with Crippen molar-refractivity contribution in [2.45, 2.75) is 45.2 Å². The maximum absolute atomic E-state index is 6.03. The monoisotopic (exact) mass is 309 g/mol. The quantitative estimate of drug-likeness (QED) is 0.771. The van der Waals surface area contributed by atoms with Crippen LogP contribution in [-0.2, 0) is 13.1 Å². The maximum Gasteiger partial charge on any atom is 0.123 e. The summed E-state index contributed by atoms with van der Waals surface area (Å²) in [6.45, 7) is 3.97. The minimum absolute atomic E-state index is 0.843. The molecule has 0 saturated carbocycles. The lowest BCUT2D eigenvalue weighted by Crippen LogP contribution is -2.24. The Labute approximate surface area is 140 Å². The van der Waals surface area contributed by atoms with Crippen LogP contribution in [0.1, 0.15) is 43.2 Å². The molecule has 23 heavy (non-hydrogen) atoms. The zero-order valence-electron chi connectivity index (χ0n) is 13.9. The molecule has 2 aromatic carbocycles. The van der Waals surface area contributed by atoms with E-state index >= 15 is 0 Å². The molecule has 0 fully saturated rings. The van der Waals surface area contributed by atoms with Gasteiger partial charge in [-0.25, -0.2) is 0 Å². The van der Waals surface area contributed by atoms with E-state index in [9.17, 15) is 0 Å². The molecular weight excluding hydrogens is 282 g/mol. The Bertz CT molecular complexity index is 581. The molecule has 1 heterocycles. The van der Waals surface area contributed by atoms with Crippen LogP contribution in [0.2, 0.25) is 0 Å². The number of ether oxygens (including phenoxy) is 1. The standard InChI is InChI=1S/C21H27NO/c1-2-9-15-22(17-19-11-5-4-6-12-19)18-20-13-7-8-14-21(20)23-16-10-3-1/h4-8,11-14H,1-3,9-10,15-18H2. The lowest BCUT2D eigenvalue weighted by molar-refractivity contribution is 0.235. The number of hydrogen-bond donors (Lipinski definition) is 0. The summed E-state index contributed by atoms with van der Waals surface area (Å²) >= 11 is 0. The molecule has 0 aliphatic carbocycles. The van der Waals surface area contributed by atoms with Crippen molar-refractivity contribution in [1.82, 2.24) is 4.90 Å². The van der Waals surface area contributed by atoms with E-state index in [4.69, 9.17) is 4.74 Å². The van der Waals surface area contributed by atoms with Crippen LogP contribution < -0.4 is 4.74 Å². The second-order valence-electron chi connectivity index (χ2n) is 6.42. The molecule has 2 nitrogen and oxygen atoms in total. The second kappa shape index (κ2) is 8.73. The van der Waals surface area contributed by atoms with Crippen LogP contribution in [0.25, 0.3) is 0 Å². The predicted octanol–water partition coefficient (Wildman–Crippen LogP) is 5.03. The number of rotatable bonds is 2. The Morgan fingerprint density at radius 3 is 2.43 bits per heavy atom. The van der Waals surface area contributed by atoms with Crippen molar-refractivity contribution < 1.29 is 4.74 Å². The molecule has 3 rings (SSSR count). The number of para-hydroxylation sites is 1. The Morgan fingerprint density at radius 1 is 0.783 bits per heavy atom. The molecule has 0 spiro atoms. The summed E-state index contributed by atoms with van der Waals surface area (Å²) < 4.78 is 6.03. The van der Waals surface area contributed by atoms with E-state index in [1.807, 2.05) is 0 Å². The average molecular weight is 309 g/mol. The summed E-state index contributed by atoms with van der Waals surface area (Å²) in [5.41, 5.74) is 2.70. The number of nitrogens with zero attached hydrogens (tertiary/aromatic N) is 1. The third kappa shape index (κ3) is 5.11. The van der Waals surface area contributed by atoms with Gasteiger partial charge in [-0.3, -0.25) is 4.90 Å². The average Bonchev–Trinajstić information content (AvgIpc) is 2.58. The lowest BCUT2D eigenvalue weighted by atomic mass is 10.1. The smallest absolute Gasteiger partial charge is 0.123 e. The first-order valence-electron chi connectivity index (χ1n) is 8.89. The molecule has 0 N–H and O–H groups in total. The molecule has 0 aromatic heterocycles. The van der Waals surface area contributed by atoms with Crippen LogP contribution in [0.4, 0.5) is 0 Å². The third-order valence-corrected chi connectivity index (χ3v) is 4.49. The number of benzene rings is 2. The minimum Gasteiger partial charge on any atom is -0.493 e. The van der Waals surface area contributed by atoms with E-state index < -0.39 is 0 Å². The van der Waals surface area contributed by atoms with Crippen molar-refractivity contribution in [3.8, 4) is 5.75 Å². The van der Waals surface area contributed by atoms with Crippen LogP contribution in [0.3, 0.4) is 0 Å². The molecule has 0 unspecified atom stereocenters. The van der Waals surface area contributed by atoms with E-state index in [-0.39, 0.29) is 0 Å². The van der Waals surface area contributed by atoms with Crippen molar-refractivity contribution in [3.05, 3.63) is 65.7 Å². The number of hydrogen-bond acceptors (Lipinski definition) is 2. The van der Waals surface area contributed by atoms with Gasteiger partial charge in [-0.2, -0.15) is 0 Å². The van der Waals surface area contributed by atoms with Crippen molar-refractivity contribution in [2.75, 3.05) is 13.2 Å². The fourth-order valence-electron chi connectivity index (χ4n) is 3.22. The molecule has 0 atom stereocenters. The van der Waals surface area contributed by atoms with Gasteiger partial charge in [0.1, 0.15) is 5.75 Å². The fourth-order valence-corrected chi connectivity index (χ4v) is 3.22. The van der Waals surface area contributed by atoms with Crippen LogP contribution in [0.5, 0.6) is 5.75 Å². The highest BCUT2D eigenvalue weighted by molar-refractivity contribution is 5.33. The summed E-state index contributed by atoms with van der Waals surface area (Å²) in [5.74, 6) is 1.06. The van der Waals surface area contributed by atoms with Gasteiger partial charge in [-0.1, -0.05) is 67.8 Å². The van der Waals surface area contributed by atoms with Crippen molar-refractivity contribution in [1.29, 1.82) is 0 Å². The van der Waals surface area contributed by atoms with Crippen LogP contribution in [0.15, 0.2) is 54.6 Å². The van der Waals surface area contributed by atoms with Crippen LogP contribution in [-0.4, -0.2) is 18.1 Å². The van der Waals surface area contributed by atoms with Gasteiger partial charge in [0.05, 0.1) is 6.61 Å². The zero-order valence-corrected chi connectivity index (χ0v) is 13.9. The van der Waals surface area contributed by atoms with Gasteiger partial charge in [0, 0.05) is 18.7 Å². The summed E-state index contributed by atoms with van der Waals surface area (Å²) in [4.78, 5) is 2.55. The van der Waals surface area contributed by atoms with Gasteiger partial charge < -0.3 is 4.74 Å². The molecule has 2 aromatic rings. The lowest BCUT2D eigenvalue weighted by Gasteiger charge is -2.24. The molecule has 0 saturated heterocycles. The van der Waals surface area contributed by atoms with E-state index in [2.05, 4.69) is 59.5 Å². The van der Waals surface area contributed by atoms with Crippen molar-refractivity contribution in [3.63, 3.8) is 0 Å². The highest BCUT2D eigenvalue weighted by Gasteiger charge is 2.11. The molecule has 2 heteroatoms. The molecule has 0 bridgehead atoms. The van der Waals surface area contributed by atoms with Crippen molar-refractivity contribution in [2.24, 2.45) is 0 Å². The van der Waals surface area contributed by atoms with Gasteiger partial charge in [-0.15, -0.1) is 0 Å². The van der Waals surface area contributed by atoms with Crippen molar-refractivity contribution >= 4 is 0 Å². The van der Waals surface area contributed by atoms with Gasteiger partial charge in [0.25, 0.3) is 0 Å². The van der Waals surface area contributed by atoms with Gasteiger partial charge >= 0.3 is 0 Å². The second-order valence-corrected chi connectivity index (χ2v) is 6.42. The van der Waals surface area contributed by atoms with Gasteiger partial charge in [0.2, 0.25) is 0 Å². The van der Waals surface area contributed by atoms with E-state index in [1.54, 1.807) is 0 Å². The molecule has 1 aliphatic rings. The van der Waals surface area contributed by atoms with Gasteiger partial charge in [-0.05, 0) is 31.0 Å². The first-order valence-corrected chi connectivity index (χ1v) is 8.89. The normalized spacial score (nSPS) is 17.4. The zero-order chi connectivity index (χ0) is 15.7. The SMILES string of the molecule is c1ccc(CN2CCCCCCCOc3ccccc3C2)cc1. The molecule has 122 valence electrons.